The van der Waals surface area contributed by atoms with E-state index in [4.69, 9.17) is 16.6 Å². The highest BCUT2D eigenvalue weighted by molar-refractivity contribution is 6.33. The number of piperidine rings is 1. The lowest BCUT2D eigenvalue weighted by Gasteiger charge is -2.29. The van der Waals surface area contributed by atoms with Gasteiger partial charge in [0.1, 0.15) is 0 Å². The molecule has 2 fully saturated rings. The summed E-state index contributed by atoms with van der Waals surface area (Å²) in [6.45, 7) is 4.85. The molecule has 1 aliphatic carbocycles. The van der Waals surface area contributed by atoms with E-state index < -0.39 is 0 Å². The van der Waals surface area contributed by atoms with Crippen LogP contribution in [0.3, 0.4) is 0 Å². The van der Waals surface area contributed by atoms with Gasteiger partial charge in [0.15, 0.2) is 0 Å². The average Bonchev–Trinajstić information content (AvgIpc) is 3.62. The van der Waals surface area contributed by atoms with Gasteiger partial charge in [-0.25, -0.2) is 9.97 Å². The van der Waals surface area contributed by atoms with Gasteiger partial charge in [-0.1, -0.05) is 29.8 Å². The number of aromatic nitrogens is 3. The van der Waals surface area contributed by atoms with Crippen molar-refractivity contribution in [3.63, 3.8) is 0 Å². The SMILES string of the molecule is Cc1ccc2c(-c3nc(Nc4cc(CN5CCC(O)CC5)cc(C5CC5)c4)ncc3Cl)c[nH]c2c1. The molecular formula is C28H30ClN5O. The van der Waals surface area contributed by atoms with Crippen molar-refractivity contribution in [2.45, 2.75) is 51.2 Å². The van der Waals surface area contributed by atoms with Crippen LogP contribution in [0, 0.1) is 6.92 Å². The first kappa shape index (κ1) is 22.5. The Kier molecular flexibility index (Phi) is 5.96. The van der Waals surface area contributed by atoms with Gasteiger partial charge in [-0.15, -0.1) is 0 Å². The topological polar surface area (TPSA) is 77.1 Å². The van der Waals surface area contributed by atoms with Crippen molar-refractivity contribution in [2.24, 2.45) is 0 Å². The third-order valence-electron chi connectivity index (χ3n) is 7.12. The van der Waals surface area contributed by atoms with E-state index >= 15 is 0 Å². The van der Waals surface area contributed by atoms with Crippen LogP contribution in [-0.4, -0.2) is 44.2 Å². The van der Waals surface area contributed by atoms with Crippen LogP contribution >= 0.6 is 11.6 Å². The molecule has 0 bridgehead atoms. The summed E-state index contributed by atoms with van der Waals surface area (Å²) in [5.41, 5.74) is 7.62. The fraction of sp³-hybridized carbons (Fsp3) is 0.357. The molecule has 0 amide bonds. The smallest absolute Gasteiger partial charge is 0.227 e. The second-order valence-electron chi connectivity index (χ2n) is 10.0. The van der Waals surface area contributed by atoms with Crippen molar-refractivity contribution in [1.82, 2.24) is 19.9 Å². The van der Waals surface area contributed by atoms with Gasteiger partial charge in [0, 0.05) is 48.0 Å². The Morgan fingerprint density at radius 2 is 1.94 bits per heavy atom. The van der Waals surface area contributed by atoms with Gasteiger partial charge < -0.3 is 15.4 Å². The number of anilines is 2. The monoisotopic (exact) mass is 487 g/mol. The molecule has 0 spiro atoms. The fourth-order valence-corrected chi connectivity index (χ4v) is 5.24. The third-order valence-corrected chi connectivity index (χ3v) is 7.40. The van der Waals surface area contributed by atoms with Crippen molar-refractivity contribution in [3.8, 4) is 11.3 Å². The van der Waals surface area contributed by atoms with Gasteiger partial charge in [-0.2, -0.15) is 0 Å². The summed E-state index contributed by atoms with van der Waals surface area (Å²) in [7, 11) is 0. The number of nitrogens with zero attached hydrogens (tertiary/aromatic N) is 3. The first-order valence-electron chi connectivity index (χ1n) is 12.4. The van der Waals surface area contributed by atoms with Gasteiger partial charge in [0.2, 0.25) is 5.95 Å². The molecule has 1 saturated carbocycles. The minimum atomic E-state index is -0.154. The summed E-state index contributed by atoms with van der Waals surface area (Å²) in [5, 5.41) is 14.9. The maximum atomic E-state index is 9.85. The number of aromatic amines is 1. The number of hydrogen-bond acceptors (Lipinski definition) is 5. The molecule has 3 heterocycles. The summed E-state index contributed by atoms with van der Waals surface area (Å²) < 4.78 is 0. The molecule has 2 aromatic carbocycles. The Labute approximate surface area is 210 Å². The van der Waals surface area contributed by atoms with Crippen LogP contribution in [0.15, 0.2) is 48.8 Å². The molecule has 3 N–H and O–H groups in total. The summed E-state index contributed by atoms with van der Waals surface area (Å²) in [4.78, 5) is 15.1. The predicted octanol–water partition coefficient (Wildman–Crippen LogP) is 6.16. The number of aryl methyl sites for hydroxylation is 1. The van der Waals surface area contributed by atoms with Gasteiger partial charge in [-0.3, -0.25) is 4.90 Å². The zero-order chi connectivity index (χ0) is 23.9. The van der Waals surface area contributed by atoms with Crippen molar-refractivity contribution < 1.29 is 5.11 Å². The first-order chi connectivity index (χ1) is 17.0. The number of likely N-dealkylation sites (tertiary alicyclic amines) is 1. The van der Waals surface area contributed by atoms with Crippen molar-refractivity contribution in [2.75, 3.05) is 18.4 Å². The molecule has 2 aromatic heterocycles. The van der Waals surface area contributed by atoms with Crippen LogP contribution in [0.4, 0.5) is 11.6 Å². The Bertz CT molecular complexity index is 1370. The van der Waals surface area contributed by atoms with E-state index in [0.717, 1.165) is 54.6 Å². The first-order valence-corrected chi connectivity index (χ1v) is 12.8. The van der Waals surface area contributed by atoms with Crippen LogP contribution in [0.5, 0.6) is 0 Å². The maximum absolute atomic E-state index is 9.85. The van der Waals surface area contributed by atoms with Crippen molar-refractivity contribution in [1.29, 1.82) is 0 Å². The fourth-order valence-electron chi connectivity index (χ4n) is 5.05. The summed E-state index contributed by atoms with van der Waals surface area (Å²) >= 11 is 6.55. The number of benzene rings is 2. The van der Waals surface area contributed by atoms with E-state index in [0.29, 0.717) is 22.6 Å². The molecule has 2 aliphatic rings. The number of nitrogens with one attached hydrogen (secondary N) is 2. The Hall–Kier alpha value is -2.93. The van der Waals surface area contributed by atoms with Crippen molar-refractivity contribution >= 4 is 34.1 Å². The van der Waals surface area contributed by atoms with E-state index in [1.54, 1.807) is 6.20 Å². The van der Waals surface area contributed by atoms with Gasteiger partial charge in [0.25, 0.3) is 0 Å². The van der Waals surface area contributed by atoms with E-state index in [-0.39, 0.29) is 6.10 Å². The molecule has 7 heteroatoms. The van der Waals surface area contributed by atoms with Crippen LogP contribution in [0.25, 0.3) is 22.2 Å². The molecule has 0 radical (unpaired) electrons. The minimum Gasteiger partial charge on any atom is -0.393 e. The maximum Gasteiger partial charge on any atom is 0.227 e. The highest BCUT2D eigenvalue weighted by atomic mass is 35.5. The number of aliphatic hydroxyl groups is 1. The second-order valence-corrected chi connectivity index (χ2v) is 10.4. The minimum absolute atomic E-state index is 0.154. The molecule has 6 rings (SSSR count). The molecule has 4 aromatic rings. The number of aliphatic hydroxyl groups excluding tert-OH is 1. The second kappa shape index (κ2) is 9.26. The molecule has 1 aliphatic heterocycles. The van der Waals surface area contributed by atoms with E-state index in [9.17, 15) is 5.11 Å². The van der Waals surface area contributed by atoms with Crippen LogP contribution in [0.2, 0.25) is 5.02 Å². The number of rotatable bonds is 6. The molecule has 0 atom stereocenters. The van der Waals surface area contributed by atoms with E-state index in [1.165, 1.54) is 29.5 Å². The molecule has 0 unspecified atom stereocenters. The summed E-state index contributed by atoms with van der Waals surface area (Å²) in [5.74, 6) is 1.18. The third kappa shape index (κ3) is 4.92. The van der Waals surface area contributed by atoms with Crippen LogP contribution in [0.1, 0.15) is 48.3 Å². The Morgan fingerprint density at radius 1 is 1.11 bits per heavy atom. The molecule has 35 heavy (non-hydrogen) atoms. The lowest BCUT2D eigenvalue weighted by Crippen LogP contribution is -2.35. The van der Waals surface area contributed by atoms with Gasteiger partial charge in [-0.05, 0) is 73.4 Å². The highest BCUT2D eigenvalue weighted by Gasteiger charge is 2.25. The normalized spacial score (nSPS) is 17.2. The molecular weight excluding hydrogens is 458 g/mol. The molecule has 6 nitrogen and oxygen atoms in total. The predicted molar refractivity (Wildman–Crippen MR) is 141 cm³/mol. The summed E-state index contributed by atoms with van der Waals surface area (Å²) in [6, 6.07) is 13.1. The number of halogens is 1. The number of fused-ring (bicyclic) bond motifs is 1. The largest absolute Gasteiger partial charge is 0.393 e. The van der Waals surface area contributed by atoms with E-state index in [1.807, 2.05) is 6.20 Å². The molecule has 180 valence electrons. The Morgan fingerprint density at radius 3 is 2.74 bits per heavy atom. The lowest BCUT2D eigenvalue weighted by atomic mass is 10.0. The standard InChI is InChI=1S/C28H30ClN5O/c1-17-2-5-23-24(14-30-26(23)10-17)27-25(29)15-31-28(33-27)32-21-12-18(11-20(13-21)19-3-4-19)16-34-8-6-22(35)7-9-34/h2,5,10-15,19,22,30,35H,3-4,6-9,16H2,1H3,(H,31,32,33). The number of hydrogen-bond donors (Lipinski definition) is 3. The zero-order valence-electron chi connectivity index (χ0n) is 19.9. The summed E-state index contributed by atoms with van der Waals surface area (Å²) in [6.07, 6.45) is 7.68. The zero-order valence-corrected chi connectivity index (χ0v) is 20.6. The van der Waals surface area contributed by atoms with Gasteiger partial charge >= 0.3 is 0 Å². The average molecular weight is 488 g/mol. The quantitative estimate of drug-likeness (QED) is 0.303. The van der Waals surface area contributed by atoms with Gasteiger partial charge in [0.05, 0.1) is 23.0 Å². The van der Waals surface area contributed by atoms with Crippen molar-refractivity contribution in [3.05, 3.63) is 70.5 Å². The lowest BCUT2D eigenvalue weighted by molar-refractivity contribution is 0.0792. The van der Waals surface area contributed by atoms with Crippen LogP contribution in [-0.2, 0) is 6.54 Å². The highest BCUT2D eigenvalue weighted by Crippen LogP contribution is 2.42. The number of H-pyrrole nitrogens is 1. The Balaban J connectivity index is 1.29. The van der Waals surface area contributed by atoms with Crippen LogP contribution < -0.4 is 5.32 Å². The van der Waals surface area contributed by atoms with E-state index in [2.05, 4.69) is 63.5 Å². The molecule has 1 saturated heterocycles.